The van der Waals surface area contributed by atoms with E-state index >= 15 is 0 Å². The lowest BCUT2D eigenvalue weighted by Crippen LogP contribution is -2.30. The number of benzene rings is 3. The van der Waals surface area contributed by atoms with Crippen molar-refractivity contribution < 1.29 is 9.13 Å². The van der Waals surface area contributed by atoms with E-state index in [4.69, 9.17) is 4.74 Å². The summed E-state index contributed by atoms with van der Waals surface area (Å²) in [6.07, 6.45) is 1.02. The molecule has 0 radical (unpaired) electrons. The lowest BCUT2D eigenvalue weighted by Gasteiger charge is -2.30. The molecule has 28 heavy (non-hydrogen) atoms. The van der Waals surface area contributed by atoms with Crippen LogP contribution >= 0.6 is 0 Å². The highest BCUT2D eigenvalue weighted by Crippen LogP contribution is 2.36. The summed E-state index contributed by atoms with van der Waals surface area (Å²) in [5.41, 5.74) is 6.91. The first-order valence-corrected chi connectivity index (χ1v) is 9.70. The van der Waals surface area contributed by atoms with Gasteiger partial charge in [0, 0.05) is 42.0 Å². The zero-order valence-corrected chi connectivity index (χ0v) is 16.2. The monoisotopic (exact) mass is 374 g/mol. The Hall–Kier alpha value is -2.85. The Labute approximate surface area is 163 Å². The molecule has 0 bridgehead atoms. The number of aromatic nitrogens is 1. The largest absolute Gasteiger partial charge is 0.497 e. The molecule has 1 N–H and O–H groups in total. The van der Waals surface area contributed by atoms with Crippen LogP contribution in [0.2, 0.25) is 0 Å². The Kier molecular flexibility index (Phi) is 4.09. The second-order valence-corrected chi connectivity index (χ2v) is 7.66. The van der Waals surface area contributed by atoms with Crippen molar-refractivity contribution in [3.8, 4) is 5.75 Å². The highest BCUT2D eigenvalue weighted by atomic mass is 19.1. The van der Waals surface area contributed by atoms with Crippen LogP contribution in [0.1, 0.15) is 22.3 Å². The molecule has 1 aromatic heterocycles. The van der Waals surface area contributed by atoms with E-state index in [9.17, 15) is 4.39 Å². The van der Waals surface area contributed by atoms with Crippen LogP contribution in [0.5, 0.6) is 5.75 Å². The Balaban J connectivity index is 1.60. The van der Waals surface area contributed by atoms with E-state index in [0.29, 0.717) is 11.3 Å². The number of hydrogen-bond acceptors (Lipinski definition) is 2. The fraction of sp³-hybridized carbons (Fsp3) is 0.250. The van der Waals surface area contributed by atoms with Crippen molar-refractivity contribution in [1.29, 1.82) is 0 Å². The highest BCUT2D eigenvalue weighted by molar-refractivity contribution is 6.09. The smallest absolute Gasteiger partial charge is 0.150 e. The zero-order valence-electron chi connectivity index (χ0n) is 16.2. The van der Waals surface area contributed by atoms with Gasteiger partial charge in [-0.1, -0.05) is 30.3 Å². The molecule has 2 heterocycles. The molecule has 0 fully saturated rings. The second kappa shape index (κ2) is 6.64. The van der Waals surface area contributed by atoms with Gasteiger partial charge in [0.05, 0.1) is 12.6 Å². The van der Waals surface area contributed by atoms with Gasteiger partial charge in [-0.3, -0.25) is 4.90 Å². The summed E-state index contributed by atoms with van der Waals surface area (Å²) in [4.78, 5) is 5.81. The number of nitrogens with zero attached hydrogens (tertiary/aromatic N) is 1. The first kappa shape index (κ1) is 17.3. The van der Waals surface area contributed by atoms with Crippen LogP contribution in [0, 0.1) is 12.7 Å². The van der Waals surface area contributed by atoms with Crippen molar-refractivity contribution >= 4 is 21.8 Å². The molecule has 0 atom stereocenters. The van der Waals surface area contributed by atoms with Crippen molar-refractivity contribution in [1.82, 2.24) is 9.88 Å². The first-order valence-electron chi connectivity index (χ1n) is 9.70. The minimum Gasteiger partial charge on any atom is -0.497 e. The highest BCUT2D eigenvalue weighted by Gasteiger charge is 2.22. The van der Waals surface area contributed by atoms with Gasteiger partial charge in [-0.2, -0.15) is 0 Å². The molecule has 142 valence electrons. The molecular formula is C24H23FN2O. The molecule has 5 rings (SSSR count). The van der Waals surface area contributed by atoms with Crippen LogP contribution < -0.4 is 4.74 Å². The summed E-state index contributed by atoms with van der Waals surface area (Å²) in [6.45, 7) is 5.06. The zero-order chi connectivity index (χ0) is 19.3. The van der Waals surface area contributed by atoms with Crippen LogP contribution in [0.25, 0.3) is 21.8 Å². The number of fused-ring (bicyclic) bond motifs is 4. The molecule has 1 aliphatic heterocycles. The standard InChI is InChI=1S/C24H23FN2O/c1-15-19-8-9-27(13-16-6-4-3-5-7-16)14-17(19)10-20-21-11-18(28-2)12-22(25)24(21)26-23(15)20/h3-7,10-12,26H,8-9,13-14H2,1-2H3. The SMILES string of the molecule is COc1cc(F)c2[nH]c3c(C)c4c(cc3c2c1)CN(Cc1ccccc1)CC4. The van der Waals surface area contributed by atoms with E-state index in [-0.39, 0.29) is 5.82 Å². The van der Waals surface area contributed by atoms with Crippen LogP contribution in [0.4, 0.5) is 4.39 Å². The maximum atomic E-state index is 14.6. The molecule has 3 nitrogen and oxygen atoms in total. The molecule has 4 heteroatoms. The number of aryl methyl sites for hydroxylation is 1. The van der Waals surface area contributed by atoms with Gasteiger partial charge in [-0.25, -0.2) is 4.39 Å². The summed E-state index contributed by atoms with van der Waals surface area (Å²) < 4.78 is 19.9. The molecule has 3 aromatic carbocycles. The summed E-state index contributed by atoms with van der Waals surface area (Å²) in [6, 6.07) is 16.2. The number of ether oxygens (including phenoxy) is 1. The van der Waals surface area contributed by atoms with E-state index in [2.05, 4.69) is 53.2 Å². The molecule has 4 aromatic rings. The van der Waals surface area contributed by atoms with Gasteiger partial charge in [-0.05, 0) is 47.7 Å². The Morgan fingerprint density at radius 3 is 2.64 bits per heavy atom. The number of methoxy groups -OCH3 is 1. The van der Waals surface area contributed by atoms with Gasteiger partial charge >= 0.3 is 0 Å². The second-order valence-electron chi connectivity index (χ2n) is 7.66. The molecule has 0 spiro atoms. The number of hydrogen-bond donors (Lipinski definition) is 1. The Morgan fingerprint density at radius 1 is 1.07 bits per heavy atom. The normalized spacial score (nSPS) is 14.5. The van der Waals surface area contributed by atoms with Crippen LogP contribution in [0.3, 0.4) is 0 Å². The summed E-state index contributed by atoms with van der Waals surface area (Å²) in [5, 5.41) is 1.96. The molecular weight excluding hydrogens is 351 g/mol. The fourth-order valence-corrected chi connectivity index (χ4v) is 4.52. The minimum atomic E-state index is -0.270. The third-order valence-electron chi connectivity index (χ3n) is 5.96. The van der Waals surface area contributed by atoms with Gasteiger partial charge in [-0.15, -0.1) is 0 Å². The van der Waals surface area contributed by atoms with Gasteiger partial charge in [0.25, 0.3) is 0 Å². The number of nitrogens with one attached hydrogen (secondary N) is 1. The molecule has 0 saturated heterocycles. The van der Waals surface area contributed by atoms with E-state index in [1.807, 2.05) is 6.07 Å². The molecule has 0 unspecified atom stereocenters. The third kappa shape index (κ3) is 2.76. The number of H-pyrrole nitrogens is 1. The minimum absolute atomic E-state index is 0.270. The summed E-state index contributed by atoms with van der Waals surface area (Å²) in [7, 11) is 1.57. The van der Waals surface area contributed by atoms with E-state index in [0.717, 1.165) is 42.3 Å². The fourth-order valence-electron chi connectivity index (χ4n) is 4.52. The number of rotatable bonds is 3. The summed E-state index contributed by atoms with van der Waals surface area (Å²) in [5.74, 6) is 0.278. The van der Waals surface area contributed by atoms with Crippen molar-refractivity contribution in [2.24, 2.45) is 0 Å². The molecule has 1 aliphatic rings. The average molecular weight is 374 g/mol. The third-order valence-corrected chi connectivity index (χ3v) is 5.96. The lowest BCUT2D eigenvalue weighted by molar-refractivity contribution is 0.245. The van der Waals surface area contributed by atoms with Crippen molar-refractivity contribution in [2.75, 3.05) is 13.7 Å². The van der Waals surface area contributed by atoms with E-state index in [1.54, 1.807) is 7.11 Å². The predicted molar refractivity (Wildman–Crippen MR) is 111 cm³/mol. The van der Waals surface area contributed by atoms with Gasteiger partial charge in [0.15, 0.2) is 5.82 Å². The maximum absolute atomic E-state index is 14.6. The molecule has 0 saturated carbocycles. The van der Waals surface area contributed by atoms with Gasteiger partial charge < -0.3 is 9.72 Å². The van der Waals surface area contributed by atoms with Crippen LogP contribution in [0.15, 0.2) is 48.5 Å². The van der Waals surface area contributed by atoms with Crippen LogP contribution in [-0.2, 0) is 19.5 Å². The van der Waals surface area contributed by atoms with Crippen molar-refractivity contribution in [2.45, 2.75) is 26.4 Å². The van der Waals surface area contributed by atoms with Crippen molar-refractivity contribution in [3.63, 3.8) is 0 Å². The average Bonchev–Trinajstić information content (AvgIpc) is 3.08. The quantitative estimate of drug-likeness (QED) is 0.525. The maximum Gasteiger partial charge on any atom is 0.150 e. The van der Waals surface area contributed by atoms with E-state index < -0.39 is 0 Å². The van der Waals surface area contributed by atoms with Crippen LogP contribution in [-0.4, -0.2) is 23.5 Å². The van der Waals surface area contributed by atoms with Crippen molar-refractivity contribution in [3.05, 3.63) is 76.6 Å². The Morgan fingerprint density at radius 2 is 1.86 bits per heavy atom. The van der Waals surface area contributed by atoms with E-state index in [1.165, 1.54) is 28.3 Å². The first-order chi connectivity index (χ1) is 13.6. The number of aromatic amines is 1. The van der Waals surface area contributed by atoms with Gasteiger partial charge in [0.1, 0.15) is 5.75 Å². The number of halogens is 1. The topological polar surface area (TPSA) is 28.3 Å². The van der Waals surface area contributed by atoms with Gasteiger partial charge in [0.2, 0.25) is 0 Å². The summed E-state index contributed by atoms with van der Waals surface area (Å²) >= 11 is 0. The predicted octanol–water partition coefficient (Wildman–Crippen LogP) is 5.34. The molecule has 0 amide bonds. The molecule has 0 aliphatic carbocycles. The lowest BCUT2D eigenvalue weighted by atomic mass is 9.92. The Bertz CT molecular complexity index is 1180.